The van der Waals surface area contributed by atoms with Gasteiger partial charge in [-0.3, -0.25) is 0 Å². The van der Waals surface area contributed by atoms with Crippen LogP contribution < -0.4 is 5.73 Å². The molecule has 0 aromatic heterocycles. The van der Waals surface area contributed by atoms with Crippen LogP contribution in [0.4, 0.5) is 0 Å². The van der Waals surface area contributed by atoms with Crippen LogP contribution in [0.2, 0.25) is 0 Å². The van der Waals surface area contributed by atoms with E-state index in [1.165, 1.54) is 12.8 Å². The molecule has 4 heteroatoms. The maximum Gasteiger partial charge on any atom is 0.334 e. The molecule has 3 fully saturated rings. The van der Waals surface area contributed by atoms with Crippen molar-refractivity contribution >= 4 is 5.97 Å². The van der Waals surface area contributed by atoms with Gasteiger partial charge in [0.05, 0.1) is 0 Å². The Labute approximate surface area is 103 Å². The van der Waals surface area contributed by atoms with Crippen molar-refractivity contribution in [2.45, 2.75) is 37.8 Å². The zero-order chi connectivity index (χ0) is 12.4. The van der Waals surface area contributed by atoms with E-state index in [4.69, 9.17) is 10.5 Å². The summed E-state index contributed by atoms with van der Waals surface area (Å²) in [5.41, 5.74) is 5.76. The number of nitrogens with two attached hydrogens (primary N) is 1. The average molecular weight is 238 g/mol. The number of fused-ring (bicyclic) bond motifs is 4. The highest BCUT2D eigenvalue weighted by Crippen LogP contribution is 2.33. The molecule has 4 nitrogen and oxygen atoms in total. The van der Waals surface area contributed by atoms with E-state index in [9.17, 15) is 4.79 Å². The highest BCUT2D eigenvalue weighted by Gasteiger charge is 2.35. The van der Waals surface area contributed by atoms with Crippen molar-refractivity contribution in [2.24, 2.45) is 11.7 Å². The van der Waals surface area contributed by atoms with Gasteiger partial charge >= 0.3 is 5.97 Å². The van der Waals surface area contributed by atoms with Gasteiger partial charge in [-0.1, -0.05) is 6.58 Å². The van der Waals surface area contributed by atoms with Crippen LogP contribution in [0.25, 0.3) is 0 Å². The van der Waals surface area contributed by atoms with Crippen molar-refractivity contribution < 1.29 is 9.53 Å². The lowest BCUT2D eigenvalue weighted by Crippen LogP contribution is -2.38. The number of carbonyl (C=O) groups is 1. The van der Waals surface area contributed by atoms with Crippen molar-refractivity contribution in [3.8, 4) is 0 Å². The van der Waals surface area contributed by atoms with E-state index in [0.717, 1.165) is 19.4 Å². The van der Waals surface area contributed by atoms with E-state index in [-0.39, 0.29) is 18.6 Å². The van der Waals surface area contributed by atoms with Gasteiger partial charge in [0.2, 0.25) is 0 Å². The van der Waals surface area contributed by atoms with Gasteiger partial charge in [-0.25, -0.2) is 4.79 Å². The van der Waals surface area contributed by atoms with Gasteiger partial charge in [0.25, 0.3) is 0 Å². The predicted molar refractivity (Wildman–Crippen MR) is 66.5 cm³/mol. The highest BCUT2D eigenvalue weighted by atomic mass is 16.5. The number of hydrogen-bond donors (Lipinski definition) is 1. The molecule has 3 atom stereocenters. The summed E-state index contributed by atoms with van der Waals surface area (Å²) >= 11 is 0. The maximum atomic E-state index is 11.7. The number of carbonyl (C=O) groups excluding carboxylic acids is 1. The molecule has 0 amide bonds. The lowest BCUT2D eigenvalue weighted by Gasteiger charge is -2.33. The van der Waals surface area contributed by atoms with Gasteiger partial charge in [0.1, 0.15) is 6.10 Å². The van der Waals surface area contributed by atoms with Crippen molar-refractivity contribution in [1.29, 1.82) is 0 Å². The SMILES string of the molecule is C=C(CN)C(=O)OC1CC2CCC(C1)N(C)C2. The number of piperidine rings is 1. The molecule has 2 bridgehead atoms. The van der Waals surface area contributed by atoms with Crippen LogP contribution in [0.1, 0.15) is 25.7 Å². The van der Waals surface area contributed by atoms with Gasteiger partial charge in [-0.2, -0.15) is 0 Å². The van der Waals surface area contributed by atoms with Crippen LogP contribution in [0.5, 0.6) is 0 Å². The summed E-state index contributed by atoms with van der Waals surface area (Å²) in [4.78, 5) is 14.1. The quantitative estimate of drug-likeness (QED) is 0.587. The monoisotopic (exact) mass is 238 g/mol. The Bertz CT molecular complexity index is 317. The summed E-state index contributed by atoms with van der Waals surface area (Å²) in [5.74, 6) is 0.351. The molecular weight excluding hydrogens is 216 g/mol. The second-order valence-electron chi connectivity index (χ2n) is 5.34. The Balaban J connectivity index is 1.94. The maximum absolute atomic E-state index is 11.7. The Kier molecular flexibility index (Phi) is 3.84. The predicted octanol–water partition coefficient (Wildman–Crippen LogP) is 0.917. The van der Waals surface area contributed by atoms with Gasteiger partial charge in [0, 0.05) is 24.7 Å². The molecule has 2 aliphatic heterocycles. The summed E-state index contributed by atoms with van der Waals surface area (Å²) in [6.07, 6.45) is 4.49. The first-order chi connectivity index (χ1) is 8.10. The first-order valence-corrected chi connectivity index (χ1v) is 6.39. The molecule has 3 rings (SSSR count). The van der Waals surface area contributed by atoms with Gasteiger partial charge in [0.15, 0.2) is 0 Å². The molecule has 0 aromatic carbocycles. The lowest BCUT2D eigenvalue weighted by atomic mass is 9.95. The van der Waals surface area contributed by atoms with Gasteiger partial charge in [-0.05, 0) is 38.6 Å². The second kappa shape index (κ2) is 5.19. The Morgan fingerprint density at radius 2 is 2.24 bits per heavy atom. The zero-order valence-corrected chi connectivity index (χ0v) is 10.5. The fourth-order valence-electron chi connectivity index (χ4n) is 2.97. The number of nitrogens with zero attached hydrogens (tertiary/aromatic N) is 1. The largest absolute Gasteiger partial charge is 0.459 e. The van der Waals surface area contributed by atoms with E-state index in [2.05, 4.69) is 18.5 Å². The molecule has 3 unspecified atom stereocenters. The Morgan fingerprint density at radius 3 is 2.88 bits per heavy atom. The molecule has 1 saturated carbocycles. The minimum atomic E-state index is -0.318. The van der Waals surface area contributed by atoms with Crippen LogP contribution >= 0.6 is 0 Å². The van der Waals surface area contributed by atoms with E-state index < -0.39 is 0 Å². The number of hydrogen-bond acceptors (Lipinski definition) is 4. The topological polar surface area (TPSA) is 55.6 Å². The molecule has 2 heterocycles. The summed E-state index contributed by atoms with van der Waals surface area (Å²) < 4.78 is 5.51. The summed E-state index contributed by atoms with van der Waals surface area (Å²) in [7, 11) is 2.17. The van der Waals surface area contributed by atoms with Crippen molar-refractivity contribution in [2.75, 3.05) is 20.1 Å². The van der Waals surface area contributed by atoms with Crippen LogP contribution in [-0.2, 0) is 9.53 Å². The zero-order valence-electron chi connectivity index (χ0n) is 10.5. The van der Waals surface area contributed by atoms with E-state index >= 15 is 0 Å². The minimum absolute atomic E-state index is 0.0493. The van der Waals surface area contributed by atoms with E-state index in [1.807, 2.05) is 0 Å². The van der Waals surface area contributed by atoms with Gasteiger partial charge < -0.3 is 15.4 Å². The summed E-state index contributed by atoms with van der Waals surface area (Å²) in [5, 5.41) is 0. The minimum Gasteiger partial charge on any atom is -0.459 e. The molecule has 96 valence electrons. The Hall–Kier alpha value is -0.870. The van der Waals surface area contributed by atoms with E-state index in [1.54, 1.807) is 0 Å². The Morgan fingerprint density at radius 1 is 1.47 bits per heavy atom. The lowest BCUT2D eigenvalue weighted by molar-refractivity contribution is -0.145. The highest BCUT2D eigenvalue weighted by molar-refractivity contribution is 5.88. The molecule has 3 aliphatic rings. The smallest absolute Gasteiger partial charge is 0.334 e. The molecule has 0 aromatic rings. The molecule has 2 saturated heterocycles. The van der Waals surface area contributed by atoms with E-state index in [0.29, 0.717) is 17.5 Å². The number of ether oxygens (including phenoxy) is 1. The molecule has 0 radical (unpaired) electrons. The third-order valence-corrected chi connectivity index (χ3v) is 4.02. The number of rotatable bonds is 3. The van der Waals surface area contributed by atoms with Crippen molar-refractivity contribution in [1.82, 2.24) is 4.90 Å². The third kappa shape index (κ3) is 2.87. The van der Waals surface area contributed by atoms with Crippen LogP contribution in [0.15, 0.2) is 12.2 Å². The van der Waals surface area contributed by atoms with Crippen molar-refractivity contribution in [3.05, 3.63) is 12.2 Å². The number of esters is 1. The van der Waals surface area contributed by atoms with Crippen LogP contribution in [-0.4, -0.2) is 43.2 Å². The standard InChI is InChI=1S/C13H22N2O2/c1-9(7-14)13(16)17-12-5-10-3-4-11(6-12)15(2)8-10/h10-12H,1,3-8,14H2,2H3. The fourth-order valence-corrected chi connectivity index (χ4v) is 2.97. The molecule has 0 spiro atoms. The summed E-state index contributed by atoms with van der Waals surface area (Å²) in [6.45, 7) is 4.94. The normalized spacial score (nSPS) is 33.2. The average Bonchev–Trinajstić information content (AvgIpc) is 2.57. The van der Waals surface area contributed by atoms with Crippen molar-refractivity contribution in [3.63, 3.8) is 0 Å². The van der Waals surface area contributed by atoms with Gasteiger partial charge in [-0.15, -0.1) is 0 Å². The third-order valence-electron chi connectivity index (χ3n) is 4.02. The first-order valence-electron chi connectivity index (χ1n) is 6.39. The molecule has 2 N–H and O–H groups in total. The van der Waals surface area contributed by atoms with Crippen LogP contribution in [0, 0.1) is 5.92 Å². The molecular formula is C13H22N2O2. The fraction of sp³-hybridized carbons (Fsp3) is 0.769. The first kappa shape index (κ1) is 12.6. The summed E-state index contributed by atoms with van der Waals surface area (Å²) in [6, 6.07) is 0.567. The second-order valence-corrected chi connectivity index (χ2v) is 5.34. The molecule has 17 heavy (non-hydrogen) atoms. The molecule has 1 aliphatic carbocycles. The van der Waals surface area contributed by atoms with Crippen LogP contribution in [0.3, 0.4) is 0 Å².